The van der Waals surface area contributed by atoms with Crippen molar-refractivity contribution in [1.82, 2.24) is 10.3 Å². The van der Waals surface area contributed by atoms with Gasteiger partial charge < -0.3 is 0 Å². The van der Waals surface area contributed by atoms with E-state index in [0.717, 1.165) is 0 Å². The van der Waals surface area contributed by atoms with Gasteiger partial charge in [0.2, 0.25) is 0 Å². The smallest absolute Gasteiger partial charge is 0.268 e. The molecule has 1 heterocycles. The summed E-state index contributed by atoms with van der Waals surface area (Å²) in [6.45, 7) is 0. The Morgan fingerprint density at radius 3 is 2.25 bits per heavy atom. The zero-order valence-electron chi connectivity index (χ0n) is 7.82. The van der Waals surface area contributed by atoms with Gasteiger partial charge in [-0.3, -0.25) is 4.79 Å². The number of nitrogens with zero attached hydrogens (tertiary/aromatic N) is 2. The number of hydrogen-bond donors (Lipinski definition) is 1. The van der Waals surface area contributed by atoms with Crippen LogP contribution in [0, 0.1) is 0 Å². The molecule has 7 heteroatoms. The molecule has 0 bridgehead atoms. The van der Waals surface area contributed by atoms with Gasteiger partial charge in [-0.2, -0.15) is 4.90 Å². The first-order valence-corrected chi connectivity index (χ1v) is 4.30. The van der Waals surface area contributed by atoms with Crippen LogP contribution in [0.3, 0.4) is 0 Å². The highest BCUT2D eigenvalue weighted by molar-refractivity contribution is 6.08. The predicted molar refractivity (Wildman–Crippen MR) is 49.2 cm³/mol. The van der Waals surface area contributed by atoms with E-state index in [2.05, 4.69) is 5.10 Å². The van der Waals surface area contributed by atoms with Crippen molar-refractivity contribution in [2.24, 2.45) is 5.10 Å². The van der Waals surface area contributed by atoms with E-state index in [-0.39, 0.29) is 10.5 Å². The molecule has 0 spiro atoms. The third kappa shape index (κ3) is 1.97. The van der Waals surface area contributed by atoms with Gasteiger partial charge in [-0.05, 0) is 12.1 Å². The number of alkyl halides is 3. The quantitative estimate of drug-likeness (QED) is 0.742. The van der Waals surface area contributed by atoms with Crippen LogP contribution >= 0.6 is 0 Å². The van der Waals surface area contributed by atoms with Gasteiger partial charge in [0.05, 0.1) is 0 Å². The normalized spacial score (nSPS) is 13.8. The number of halogens is 3. The molecule has 0 aliphatic carbocycles. The lowest BCUT2D eigenvalue weighted by Gasteiger charge is -2.19. The van der Waals surface area contributed by atoms with Crippen molar-refractivity contribution in [2.45, 2.75) is 6.30 Å². The molecule has 0 aromatic heterocycles. The molecule has 4 nitrogen and oxygen atoms in total. The number of guanidine groups is 1. The maximum absolute atomic E-state index is 12.5. The molecular weight excluding hydrogens is 223 g/mol. The summed E-state index contributed by atoms with van der Waals surface area (Å²) in [7, 11) is 0. The summed E-state index contributed by atoms with van der Waals surface area (Å²) in [6, 6.07) is 7.21. The number of carbonyl (C=O) groups excluding carboxylic acids is 1. The lowest BCUT2D eigenvalue weighted by atomic mass is 10.2. The molecule has 0 saturated carbocycles. The van der Waals surface area contributed by atoms with Gasteiger partial charge in [0.1, 0.15) is 0 Å². The maximum atomic E-state index is 12.5. The Labute approximate surface area is 88.4 Å². The largest absolute Gasteiger partial charge is 0.494 e. The Morgan fingerprint density at radius 2 is 1.81 bits per heavy atom. The van der Waals surface area contributed by atoms with Gasteiger partial charge in [-0.1, -0.05) is 18.2 Å². The summed E-state index contributed by atoms with van der Waals surface area (Å²) < 4.78 is 37.6. The molecule has 1 N–H and O–H groups in total. The summed E-state index contributed by atoms with van der Waals surface area (Å²) >= 11 is 0. The maximum Gasteiger partial charge on any atom is 0.494 e. The Balaban J connectivity index is 2.29. The van der Waals surface area contributed by atoms with E-state index in [1.165, 1.54) is 24.3 Å². The van der Waals surface area contributed by atoms with Crippen LogP contribution in [0.4, 0.5) is 13.2 Å². The average Bonchev–Trinajstić information content (AvgIpc) is 3.01. The fraction of sp³-hybridized carbons (Fsp3) is 0.111. The van der Waals surface area contributed by atoms with Crippen LogP contribution in [0.5, 0.6) is 0 Å². The minimum absolute atomic E-state index is 0.0452. The highest BCUT2D eigenvalue weighted by Crippen LogP contribution is 2.25. The van der Waals surface area contributed by atoms with E-state index in [9.17, 15) is 18.0 Å². The van der Waals surface area contributed by atoms with Crippen molar-refractivity contribution < 1.29 is 18.0 Å². The number of hydrazone groups is 1. The van der Waals surface area contributed by atoms with Crippen LogP contribution in [0.25, 0.3) is 0 Å². The van der Waals surface area contributed by atoms with E-state index < -0.39 is 18.2 Å². The number of nitrogens with one attached hydrogen (secondary N) is 1. The zero-order valence-corrected chi connectivity index (χ0v) is 7.82. The molecule has 0 saturated heterocycles. The molecule has 1 aromatic rings. The van der Waals surface area contributed by atoms with Crippen molar-refractivity contribution >= 4 is 11.9 Å². The Morgan fingerprint density at radius 1 is 1.25 bits per heavy atom. The number of amides is 1. The number of rotatable bonds is 1. The van der Waals surface area contributed by atoms with Crippen LogP contribution in [-0.2, 0) is 0 Å². The summed E-state index contributed by atoms with van der Waals surface area (Å²) in [6.07, 6.45) is -4.78. The van der Waals surface area contributed by atoms with Crippen molar-refractivity contribution in [1.29, 1.82) is 0 Å². The number of hydrogen-bond acceptors (Lipinski definition) is 3. The van der Waals surface area contributed by atoms with Gasteiger partial charge in [-0.25, -0.2) is 5.43 Å². The Bertz CT molecular complexity index is 441. The summed E-state index contributed by atoms with van der Waals surface area (Å²) in [5.74, 6) is -1.64. The number of carbonyl (C=O) groups is 1. The van der Waals surface area contributed by atoms with Gasteiger partial charge in [0.15, 0.2) is 0 Å². The van der Waals surface area contributed by atoms with Crippen LogP contribution in [0.2, 0.25) is 0 Å². The standard InChI is InChI=1S/C9H6F3N3O/c10-9(11,12)15(8-13-14-8)7(16)6-4-2-1-3-5-6/h1-5H,(H,13,14). The molecule has 0 unspecified atom stereocenters. The van der Waals surface area contributed by atoms with E-state index in [4.69, 9.17) is 0 Å². The van der Waals surface area contributed by atoms with Crippen molar-refractivity contribution in [2.75, 3.05) is 0 Å². The molecule has 1 aliphatic rings. The lowest BCUT2D eigenvalue weighted by Crippen LogP contribution is -2.45. The van der Waals surface area contributed by atoms with E-state index >= 15 is 0 Å². The molecule has 0 radical (unpaired) electrons. The van der Waals surface area contributed by atoms with Crippen molar-refractivity contribution in [3.63, 3.8) is 0 Å². The first kappa shape index (κ1) is 10.5. The minimum atomic E-state index is -4.78. The van der Waals surface area contributed by atoms with Crippen LogP contribution in [-0.4, -0.2) is 23.1 Å². The summed E-state index contributed by atoms with van der Waals surface area (Å²) in [5, 5.41) is 3.17. The molecule has 0 fully saturated rings. The van der Waals surface area contributed by atoms with Crippen LogP contribution in [0.15, 0.2) is 35.4 Å². The second kappa shape index (κ2) is 3.51. The predicted octanol–water partition coefficient (Wildman–Crippen LogP) is 1.52. The van der Waals surface area contributed by atoms with Gasteiger partial charge in [0, 0.05) is 5.56 Å². The SMILES string of the molecule is O=C(c1ccccc1)N(C1=NN1)C(F)(F)F. The molecule has 1 aliphatic heterocycles. The van der Waals surface area contributed by atoms with E-state index in [1.807, 2.05) is 5.43 Å². The summed E-state index contributed by atoms with van der Waals surface area (Å²) in [5.41, 5.74) is 1.97. The molecule has 1 amide bonds. The van der Waals surface area contributed by atoms with Crippen LogP contribution < -0.4 is 5.43 Å². The van der Waals surface area contributed by atoms with Crippen LogP contribution in [0.1, 0.15) is 10.4 Å². The average molecular weight is 229 g/mol. The van der Waals surface area contributed by atoms with Crippen molar-refractivity contribution in [3.8, 4) is 0 Å². The topological polar surface area (TPSA) is 54.6 Å². The minimum Gasteiger partial charge on any atom is -0.268 e. The summed E-state index contributed by atoms with van der Waals surface area (Å²) in [4.78, 5) is 11.2. The Hall–Kier alpha value is -2.05. The molecular formula is C9H6F3N3O. The fourth-order valence-corrected chi connectivity index (χ4v) is 1.17. The Kier molecular flexibility index (Phi) is 2.30. The highest BCUT2D eigenvalue weighted by atomic mass is 19.4. The third-order valence-electron chi connectivity index (χ3n) is 1.90. The molecule has 1 aromatic carbocycles. The zero-order chi connectivity index (χ0) is 11.8. The molecule has 2 rings (SSSR count). The number of benzene rings is 1. The lowest BCUT2D eigenvalue weighted by molar-refractivity contribution is -0.199. The van der Waals surface area contributed by atoms with E-state index in [1.54, 1.807) is 6.07 Å². The van der Waals surface area contributed by atoms with Gasteiger partial charge in [0.25, 0.3) is 11.9 Å². The van der Waals surface area contributed by atoms with E-state index in [0.29, 0.717) is 0 Å². The van der Waals surface area contributed by atoms with Gasteiger partial charge in [-0.15, -0.1) is 18.3 Å². The van der Waals surface area contributed by atoms with Gasteiger partial charge >= 0.3 is 6.30 Å². The fourth-order valence-electron chi connectivity index (χ4n) is 1.17. The third-order valence-corrected chi connectivity index (χ3v) is 1.90. The molecule has 0 atom stereocenters. The van der Waals surface area contributed by atoms with Crippen molar-refractivity contribution in [3.05, 3.63) is 35.9 Å². The molecule has 84 valence electrons. The monoisotopic (exact) mass is 229 g/mol. The highest BCUT2D eigenvalue weighted by Gasteiger charge is 2.47. The second-order valence-corrected chi connectivity index (χ2v) is 3.02. The molecule has 16 heavy (non-hydrogen) atoms. The first-order chi connectivity index (χ1) is 7.50. The second-order valence-electron chi connectivity index (χ2n) is 3.02. The first-order valence-electron chi connectivity index (χ1n) is 4.30.